The number of carboxylic acid groups (broad SMARTS) is 1. The van der Waals surface area contributed by atoms with Gasteiger partial charge in [-0.15, -0.1) is 0 Å². The van der Waals surface area contributed by atoms with Gasteiger partial charge in [0.05, 0.1) is 5.69 Å². The molecule has 0 atom stereocenters. The van der Waals surface area contributed by atoms with Crippen LogP contribution in [-0.2, 0) is 4.79 Å². The fourth-order valence-electron chi connectivity index (χ4n) is 0.906. The summed E-state index contributed by atoms with van der Waals surface area (Å²) in [5, 5.41) is 14.7. The topological polar surface area (TPSA) is 90.4 Å². The zero-order valence-corrected chi connectivity index (χ0v) is 9.99. The number of guanidine groups is 1. The Morgan fingerprint density at radius 1 is 1.44 bits per heavy atom. The van der Waals surface area contributed by atoms with Crippen molar-refractivity contribution in [2.45, 2.75) is 6.92 Å². The Bertz CT molecular complexity index is 339. The molecular weight excluding hydrogens is 226 g/mol. The van der Waals surface area contributed by atoms with Crippen LogP contribution >= 0.6 is 11.9 Å². The van der Waals surface area contributed by atoms with Gasteiger partial charge in [0.15, 0.2) is 0 Å². The molecule has 0 aliphatic rings. The lowest BCUT2D eigenvalue weighted by atomic mass is 10.3. The van der Waals surface area contributed by atoms with E-state index < -0.39 is 5.97 Å². The Morgan fingerprint density at radius 3 is 2.19 bits per heavy atom. The van der Waals surface area contributed by atoms with Gasteiger partial charge in [-0.3, -0.25) is 14.5 Å². The molecule has 0 aliphatic heterocycles. The standard InChI is InChI=1S/C8H11N3S.C2H4O2/c1-12-11(8(9)10)7-5-3-2-4-6-7;1-2(3)4/h2-6H,1H3,(H3,9,10);1H3,(H,3,4). The maximum Gasteiger partial charge on any atom is 0.300 e. The number of hydrogen-bond acceptors (Lipinski definition) is 3. The number of nitrogens with two attached hydrogens (primary N) is 1. The summed E-state index contributed by atoms with van der Waals surface area (Å²) >= 11 is 1.41. The normalized spacial score (nSPS) is 8.62. The zero-order chi connectivity index (χ0) is 12.6. The molecule has 0 unspecified atom stereocenters. The first kappa shape index (κ1) is 14.3. The highest BCUT2D eigenvalue weighted by Gasteiger charge is 2.05. The largest absolute Gasteiger partial charge is 0.481 e. The van der Waals surface area contributed by atoms with E-state index in [4.69, 9.17) is 21.0 Å². The molecule has 1 aromatic rings. The molecule has 4 N–H and O–H groups in total. The highest BCUT2D eigenvalue weighted by atomic mass is 32.2. The summed E-state index contributed by atoms with van der Waals surface area (Å²) in [5.41, 5.74) is 6.30. The summed E-state index contributed by atoms with van der Waals surface area (Å²) in [6.07, 6.45) is 1.88. The third-order valence-electron chi connectivity index (χ3n) is 1.39. The van der Waals surface area contributed by atoms with Crippen LogP contribution in [0.5, 0.6) is 0 Å². The molecule has 1 rings (SSSR count). The van der Waals surface area contributed by atoms with E-state index in [1.54, 1.807) is 4.31 Å². The van der Waals surface area contributed by atoms with Gasteiger partial charge in [0.25, 0.3) is 5.97 Å². The molecule has 88 valence electrons. The first-order valence-corrected chi connectivity index (χ1v) is 5.60. The number of para-hydroxylation sites is 1. The predicted molar refractivity (Wildman–Crippen MR) is 67.7 cm³/mol. The van der Waals surface area contributed by atoms with Crippen LogP contribution in [0.1, 0.15) is 6.92 Å². The second-order valence-electron chi connectivity index (χ2n) is 2.72. The minimum absolute atomic E-state index is 0.0497. The minimum Gasteiger partial charge on any atom is -0.481 e. The number of nitrogens with zero attached hydrogens (tertiary/aromatic N) is 1. The summed E-state index contributed by atoms with van der Waals surface area (Å²) in [7, 11) is 0. The smallest absolute Gasteiger partial charge is 0.300 e. The molecule has 0 fully saturated rings. The third-order valence-corrected chi connectivity index (χ3v) is 2.16. The molecule has 0 amide bonds. The summed E-state index contributed by atoms with van der Waals surface area (Å²) in [5.74, 6) is -0.784. The Labute approximate surface area is 98.9 Å². The molecule has 0 saturated heterocycles. The van der Waals surface area contributed by atoms with Crippen LogP contribution in [0.4, 0.5) is 5.69 Å². The fourth-order valence-corrected chi connectivity index (χ4v) is 1.44. The van der Waals surface area contributed by atoms with Crippen LogP contribution in [0.3, 0.4) is 0 Å². The van der Waals surface area contributed by atoms with Gasteiger partial charge in [-0.25, -0.2) is 0 Å². The number of anilines is 1. The average molecular weight is 241 g/mol. The molecule has 0 aliphatic carbocycles. The number of hydrogen-bond donors (Lipinski definition) is 3. The summed E-state index contributed by atoms with van der Waals surface area (Å²) in [6, 6.07) is 9.60. The van der Waals surface area contributed by atoms with Gasteiger partial charge < -0.3 is 10.8 Å². The van der Waals surface area contributed by atoms with E-state index in [0.29, 0.717) is 0 Å². The van der Waals surface area contributed by atoms with Crippen molar-refractivity contribution >= 4 is 29.6 Å². The third kappa shape index (κ3) is 5.92. The van der Waals surface area contributed by atoms with E-state index in [-0.39, 0.29) is 5.96 Å². The number of benzene rings is 1. The highest BCUT2D eigenvalue weighted by molar-refractivity contribution is 8.00. The Morgan fingerprint density at radius 2 is 1.88 bits per heavy atom. The Hall–Kier alpha value is -1.69. The average Bonchev–Trinajstić information content (AvgIpc) is 2.19. The van der Waals surface area contributed by atoms with Gasteiger partial charge >= 0.3 is 0 Å². The van der Waals surface area contributed by atoms with Crippen molar-refractivity contribution in [1.29, 1.82) is 5.41 Å². The van der Waals surface area contributed by atoms with Gasteiger partial charge in [0.2, 0.25) is 5.96 Å². The number of carbonyl (C=O) groups is 1. The van der Waals surface area contributed by atoms with E-state index >= 15 is 0 Å². The number of aliphatic carboxylic acids is 1. The van der Waals surface area contributed by atoms with Gasteiger partial charge in [-0.2, -0.15) is 0 Å². The van der Waals surface area contributed by atoms with E-state index in [1.165, 1.54) is 11.9 Å². The summed E-state index contributed by atoms with van der Waals surface area (Å²) < 4.78 is 1.65. The van der Waals surface area contributed by atoms with E-state index in [2.05, 4.69) is 0 Å². The van der Waals surface area contributed by atoms with E-state index in [9.17, 15) is 0 Å². The van der Waals surface area contributed by atoms with Crippen molar-refractivity contribution in [1.82, 2.24) is 0 Å². The van der Waals surface area contributed by atoms with Crippen molar-refractivity contribution < 1.29 is 9.90 Å². The van der Waals surface area contributed by atoms with Gasteiger partial charge in [-0.1, -0.05) is 18.2 Å². The second-order valence-corrected chi connectivity index (χ2v) is 3.45. The summed E-state index contributed by atoms with van der Waals surface area (Å²) in [4.78, 5) is 9.00. The fraction of sp³-hybridized carbons (Fsp3) is 0.200. The predicted octanol–water partition coefficient (Wildman–Crippen LogP) is 1.76. The molecule has 0 spiro atoms. The minimum atomic E-state index is -0.833. The van der Waals surface area contributed by atoms with Gasteiger partial charge in [-0.05, 0) is 24.1 Å². The van der Waals surface area contributed by atoms with Crippen LogP contribution < -0.4 is 10.0 Å². The quantitative estimate of drug-likeness (QED) is 0.417. The highest BCUT2D eigenvalue weighted by Crippen LogP contribution is 2.18. The lowest BCUT2D eigenvalue weighted by molar-refractivity contribution is -0.134. The van der Waals surface area contributed by atoms with Crippen LogP contribution in [0.15, 0.2) is 30.3 Å². The van der Waals surface area contributed by atoms with Crippen LogP contribution in [0, 0.1) is 5.41 Å². The van der Waals surface area contributed by atoms with Crippen molar-refractivity contribution in [3.05, 3.63) is 30.3 Å². The first-order valence-electron chi connectivity index (χ1n) is 4.42. The van der Waals surface area contributed by atoms with Crippen molar-refractivity contribution in [3.63, 3.8) is 0 Å². The number of rotatable bonds is 2. The molecule has 0 bridgehead atoms. The number of carboxylic acids is 1. The van der Waals surface area contributed by atoms with Crippen LogP contribution in [-0.4, -0.2) is 23.3 Å². The monoisotopic (exact) mass is 241 g/mol. The van der Waals surface area contributed by atoms with Gasteiger partial charge in [0, 0.05) is 13.2 Å². The molecular formula is C10H15N3O2S. The second kappa shape index (κ2) is 7.58. The van der Waals surface area contributed by atoms with E-state index in [0.717, 1.165) is 12.6 Å². The lowest BCUT2D eigenvalue weighted by Crippen LogP contribution is -2.30. The maximum absolute atomic E-state index is 9.00. The SMILES string of the molecule is CC(=O)O.CSN(C(=N)N)c1ccccc1. The van der Waals surface area contributed by atoms with E-state index in [1.807, 2.05) is 36.6 Å². The molecule has 0 heterocycles. The molecule has 0 aromatic heterocycles. The van der Waals surface area contributed by atoms with Crippen molar-refractivity contribution in [2.24, 2.45) is 5.73 Å². The van der Waals surface area contributed by atoms with Crippen LogP contribution in [0.2, 0.25) is 0 Å². The molecule has 16 heavy (non-hydrogen) atoms. The van der Waals surface area contributed by atoms with Crippen molar-refractivity contribution in [2.75, 3.05) is 10.6 Å². The molecule has 0 radical (unpaired) electrons. The lowest BCUT2D eigenvalue weighted by Gasteiger charge is -2.18. The molecule has 5 nitrogen and oxygen atoms in total. The molecule has 1 aromatic carbocycles. The molecule has 0 saturated carbocycles. The van der Waals surface area contributed by atoms with Crippen LogP contribution in [0.25, 0.3) is 0 Å². The maximum atomic E-state index is 9.00. The first-order chi connectivity index (χ1) is 7.49. The number of nitrogens with one attached hydrogen (secondary N) is 1. The summed E-state index contributed by atoms with van der Waals surface area (Å²) in [6.45, 7) is 1.08. The Kier molecular flexibility index (Phi) is 6.78. The van der Waals surface area contributed by atoms with Crippen molar-refractivity contribution in [3.8, 4) is 0 Å². The Balaban J connectivity index is 0.000000487. The zero-order valence-electron chi connectivity index (χ0n) is 9.18. The van der Waals surface area contributed by atoms with Gasteiger partial charge in [0.1, 0.15) is 0 Å². The molecule has 6 heteroatoms.